The lowest BCUT2D eigenvalue weighted by Crippen LogP contribution is -2.14. The van der Waals surface area contributed by atoms with Crippen LogP contribution >= 0.6 is 0 Å². The van der Waals surface area contributed by atoms with Gasteiger partial charge in [-0.25, -0.2) is 4.79 Å². The van der Waals surface area contributed by atoms with Crippen LogP contribution in [-0.2, 0) is 4.79 Å². The number of carboxylic acids is 1. The number of aliphatic carboxylic acids is 1. The van der Waals surface area contributed by atoms with Gasteiger partial charge in [0.05, 0.1) is 0 Å². The van der Waals surface area contributed by atoms with Gasteiger partial charge in [0.1, 0.15) is 0 Å². The zero-order valence-corrected chi connectivity index (χ0v) is 4.70. The Morgan fingerprint density at radius 2 is 2.56 bits per heavy atom. The van der Waals surface area contributed by atoms with Gasteiger partial charge in [-0.05, 0) is 0 Å². The van der Waals surface area contributed by atoms with E-state index in [1.54, 1.807) is 0 Å². The predicted octanol–water partition coefficient (Wildman–Crippen LogP) is -0.189. The summed E-state index contributed by atoms with van der Waals surface area (Å²) < 4.78 is 0. The molecule has 9 heavy (non-hydrogen) atoms. The van der Waals surface area contributed by atoms with Gasteiger partial charge in [0.2, 0.25) is 0 Å². The zero-order chi connectivity index (χ0) is 6.85. The predicted molar refractivity (Wildman–Crippen MR) is 30.7 cm³/mol. The zero-order valence-electron chi connectivity index (χ0n) is 4.70. The number of carbonyl (C=O) groups is 1. The summed E-state index contributed by atoms with van der Waals surface area (Å²) in [6, 6.07) is 0. The molecule has 4 heteroatoms. The summed E-state index contributed by atoms with van der Waals surface area (Å²) in [5, 5.41) is 19.4. The van der Waals surface area contributed by atoms with Crippen LogP contribution in [0.25, 0.3) is 0 Å². The van der Waals surface area contributed by atoms with E-state index in [9.17, 15) is 10.0 Å². The van der Waals surface area contributed by atoms with E-state index in [1.807, 2.05) is 0 Å². The topological polar surface area (TPSA) is 63.6 Å². The Morgan fingerprint density at radius 1 is 1.89 bits per heavy atom. The van der Waals surface area contributed by atoms with E-state index in [-0.39, 0.29) is 18.7 Å². The molecule has 1 N–H and O–H groups in total. The smallest absolute Gasteiger partial charge is 0.332 e. The van der Waals surface area contributed by atoms with Crippen LogP contribution in [0.1, 0.15) is 0 Å². The molecule has 1 rings (SSSR count). The summed E-state index contributed by atoms with van der Waals surface area (Å²) in [5.41, 5.74) is 0.199. The summed E-state index contributed by atoms with van der Waals surface area (Å²) in [4.78, 5) is 10.1. The third-order valence-electron chi connectivity index (χ3n) is 1.16. The van der Waals surface area contributed by atoms with Crippen LogP contribution in [0.5, 0.6) is 0 Å². The molecule has 0 fully saturated rings. The quantitative estimate of drug-likeness (QED) is 0.531. The lowest BCUT2D eigenvalue weighted by Gasteiger charge is -2.19. The molecule has 0 saturated carbocycles. The second-order valence-electron chi connectivity index (χ2n) is 1.86. The van der Waals surface area contributed by atoms with Gasteiger partial charge < -0.3 is 15.4 Å². The lowest BCUT2D eigenvalue weighted by molar-refractivity contribution is -0.132. The van der Waals surface area contributed by atoms with Crippen molar-refractivity contribution in [3.05, 3.63) is 16.9 Å². The molecule has 50 valence electrons. The highest BCUT2D eigenvalue weighted by atomic mass is 16.5. The molecule has 1 aliphatic heterocycles. The highest BCUT2D eigenvalue weighted by molar-refractivity contribution is 5.87. The van der Waals surface area contributed by atoms with Gasteiger partial charge in [0, 0.05) is 18.7 Å². The van der Waals surface area contributed by atoms with Crippen molar-refractivity contribution in [1.29, 1.82) is 0 Å². The van der Waals surface area contributed by atoms with Gasteiger partial charge in [-0.1, -0.05) is 6.08 Å². The van der Waals surface area contributed by atoms with Crippen molar-refractivity contribution in [3.8, 4) is 0 Å². The van der Waals surface area contributed by atoms with Crippen molar-refractivity contribution in [2.45, 2.75) is 0 Å². The van der Waals surface area contributed by atoms with E-state index >= 15 is 0 Å². The molecule has 4 nitrogen and oxygen atoms in total. The maximum absolute atomic E-state index is 10.4. The Bertz CT molecular complexity index is 164. The summed E-state index contributed by atoms with van der Waals surface area (Å²) in [5.74, 6) is -0.992. The van der Waals surface area contributed by atoms with Crippen molar-refractivity contribution in [3.63, 3.8) is 0 Å². The first-order chi connectivity index (χ1) is 4.20. The van der Waals surface area contributed by atoms with Crippen LogP contribution in [0.3, 0.4) is 0 Å². The first-order valence-corrected chi connectivity index (χ1v) is 2.54. The Hall–Kier alpha value is -0.870. The number of rotatable bonds is 1. The first kappa shape index (κ1) is 6.25. The van der Waals surface area contributed by atoms with Gasteiger partial charge in [0.15, 0.2) is 0 Å². The third kappa shape index (κ3) is 1.28. The largest absolute Gasteiger partial charge is 0.785 e. The second kappa shape index (κ2) is 2.16. The standard InChI is InChI=1S/C5H6NO3/c7-5(8)4-1-2-6(9)3-4/h1H,2-3H2,(H,7,8)/q-1. The molecule has 0 atom stereocenters. The second-order valence-corrected chi connectivity index (χ2v) is 1.86. The lowest BCUT2D eigenvalue weighted by atomic mass is 10.3. The van der Waals surface area contributed by atoms with Crippen LogP contribution in [0, 0.1) is 5.21 Å². The molecule has 0 saturated heterocycles. The average molecular weight is 128 g/mol. The Kier molecular flexibility index (Phi) is 1.50. The normalized spacial score (nSPS) is 19.9. The van der Waals surface area contributed by atoms with Gasteiger partial charge >= 0.3 is 5.97 Å². The number of nitrogens with zero attached hydrogens (tertiary/aromatic N) is 1. The fraction of sp³-hybridized carbons (Fsp3) is 0.400. The molecular weight excluding hydrogens is 122 g/mol. The van der Waals surface area contributed by atoms with Crippen molar-refractivity contribution in [1.82, 2.24) is 5.06 Å². The van der Waals surface area contributed by atoms with Crippen molar-refractivity contribution < 1.29 is 9.90 Å². The van der Waals surface area contributed by atoms with Crippen molar-refractivity contribution in [2.24, 2.45) is 0 Å². The SMILES string of the molecule is O=C(O)C1=CCN([O-])C1. The Morgan fingerprint density at radius 3 is 2.78 bits per heavy atom. The molecule has 0 aromatic carbocycles. The minimum Gasteiger partial charge on any atom is -0.785 e. The molecule has 0 aliphatic carbocycles. The van der Waals surface area contributed by atoms with Crippen molar-refractivity contribution in [2.75, 3.05) is 13.1 Å². The fourth-order valence-corrected chi connectivity index (χ4v) is 0.686. The highest BCUT2D eigenvalue weighted by Crippen LogP contribution is 2.06. The minimum absolute atomic E-state index is 0.0231. The fourth-order valence-electron chi connectivity index (χ4n) is 0.686. The molecule has 0 unspecified atom stereocenters. The average Bonchev–Trinajstić information content (AvgIpc) is 2.14. The van der Waals surface area contributed by atoms with Crippen LogP contribution < -0.4 is 0 Å². The Labute approximate surface area is 52.0 Å². The van der Waals surface area contributed by atoms with Crippen LogP contribution in [0.15, 0.2) is 11.6 Å². The number of carboxylic acid groups (broad SMARTS) is 1. The molecule has 0 aromatic rings. The monoisotopic (exact) mass is 128 g/mol. The van der Waals surface area contributed by atoms with E-state index in [2.05, 4.69) is 0 Å². The molecule has 1 heterocycles. The van der Waals surface area contributed by atoms with Gasteiger partial charge in [-0.15, -0.1) is 0 Å². The van der Waals surface area contributed by atoms with Crippen LogP contribution in [0.2, 0.25) is 0 Å². The highest BCUT2D eigenvalue weighted by Gasteiger charge is 2.11. The number of hydroxylamine groups is 2. The molecule has 0 bridgehead atoms. The first-order valence-electron chi connectivity index (χ1n) is 2.54. The number of hydrogen-bond donors (Lipinski definition) is 1. The summed E-state index contributed by atoms with van der Waals surface area (Å²) in [7, 11) is 0. The van der Waals surface area contributed by atoms with E-state index in [1.165, 1.54) is 6.08 Å². The third-order valence-corrected chi connectivity index (χ3v) is 1.16. The van der Waals surface area contributed by atoms with E-state index in [0.717, 1.165) is 0 Å². The Balaban J connectivity index is 2.55. The van der Waals surface area contributed by atoms with E-state index < -0.39 is 5.97 Å². The van der Waals surface area contributed by atoms with Gasteiger partial charge in [-0.2, -0.15) is 0 Å². The van der Waals surface area contributed by atoms with E-state index in [4.69, 9.17) is 5.11 Å². The van der Waals surface area contributed by atoms with Crippen LogP contribution in [0.4, 0.5) is 0 Å². The number of hydrogen-bond acceptors (Lipinski definition) is 3. The molecule has 0 amide bonds. The minimum atomic E-state index is -0.992. The van der Waals surface area contributed by atoms with Gasteiger partial charge in [-0.3, -0.25) is 0 Å². The molecule has 0 aromatic heterocycles. The summed E-state index contributed by atoms with van der Waals surface area (Å²) in [6.45, 7) is 0.233. The maximum atomic E-state index is 10.4. The molecule has 1 aliphatic rings. The molecular formula is C5H6NO3-. The van der Waals surface area contributed by atoms with E-state index in [0.29, 0.717) is 5.06 Å². The van der Waals surface area contributed by atoms with Crippen molar-refractivity contribution >= 4 is 5.97 Å². The van der Waals surface area contributed by atoms with Gasteiger partial charge in [0.25, 0.3) is 0 Å². The molecule has 0 radical (unpaired) electrons. The van der Waals surface area contributed by atoms with Crippen LogP contribution in [-0.4, -0.2) is 29.2 Å². The maximum Gasteiger partial charge on any atom is 0.332 e. The summed E-state index contributed by atoms with van der Waals surface area (Å²) in [6.07, 6.45) is 1.43. The summed E-state index contributed by atoms with van der Waals surface area (Å²) >= 11 is 0. The molecule has 0 spiro atoms.